The van der Waals surface area contributed by atoms with Crippen molar-refractivity contribution in [3.05, 3.63) is 71.4 Å². The number of nitrogens with one attached hydrogen (secondary N) is 3. The number of likely N-dealkylation sites (tertiary alicyclic amines) is 1. The number of amides is 2. The zero-order chi connectivity index (χ0) is 43.1. The van der Waals surface area contributed by atoms with Gasteiger partial charge in [-0.05, 0) is 75.4 Å². The second-order valence-electron chi connectivity index (χ2n) is 17.2. The number of sulfonamides is 1. The van der Waals surface area contributed by atoms with E-state index in [4.69, 9.17) is 4.74 Å². The number of aromatic nitrogens is 8. The summed E-state index contributed by atoms with van der Waals surface area (Å²) in [4.78, 5) is 51.5. The first kappa shape index (κ1) is 39.9. The molecule has 8 heterocycles. The first-order valence-corrected chi connectivity index (χ1v) is 22.2. The Morgan fingerprint density at radius 2 is 1.90 bits per heavy atom. The van der Waals surface area contributed by atoms with E-state index in [1.165, 1.54) is 31.8 Å². The minimum absolute atomic E-state index is 0.0134. The van der Waals surface area contributed by atoms with Crippen molar-refractivity contribution in [2.45, 2.75) is 56.6 Å². The summed E-state index contributed by atoms with van der Waals surface area (Å²) < 4.78 is 55.6. The van der Waals surface area contributed by atoms with Crippen molar-refractivity contribution < 1.29 is 27.1 Å². The van der Waals surface area contributed by atoms with Crippen LogP contribution in [0, 0.1) is 17.2 Å². The molecule has 0 saturated carbocycles. The van der Waals surface area contributed by atoms with Crippen LogP contribution in [0.15, 0.2) is 64.8 Å². The number of aromatic amines is 1. The topological polar surface area (TPSA) is 210 Å². The smallest absolute Gasteiger partial charge is 0.329 e. The molecule has 1 spiro atoms. The van der Waals surface area contributed by atoms with E-state index in [1.807, 2.05) is 32.0 Å². The molecule has 3 N–H and O–H groups in total. The predicted molar refractivity (Wildman–Crippen MR) is 225 cm³/mol. The van der Waals surface area contributed by atoms with Crippen LogP contribution in [-0.2, 0) is 26.7 Å². The Balaban J connectivity index is 0.772. The van der Waals surface area contributed by atoms with Gasteiger partial charge in [-0.25, -0.2) is 22.6 Å². The molecule has 4 aromatic heterocycles. The van der Waals surface area contributed by atoms with Crippen molar-refractivity contribution in [1.29, 1.82) is 0 Å². The molecule has 4 aliphatic rings. The molecule has 2 atom stereocenters. The van der Waals surface area contributed by atoms with E-state index in [2.05, 4.69) is 45.7 Å². The summed E-state index contributed by atoms with van der Waals surface area (Å²) in [5.41, 5.74) is 3.46. The van der Waals surface area contributed by atoms with Crippen LogP contribution in [0.4, 0.5) is 21.7 Å². The van der Waals surface area contributed by atoms with Gasteiger partial charge in [0.1, 0.15) is 23.9 Å². The highest BCUT2D eigenvalue weighted by Crippen LogP contribution is 2.43. The molecule has 19 nitrogen and oxygen atoms in total. The molecule has 4 fully saturated rings. The number of hydrogen-bond donors (Lipinski definition) is 3. The standard InChI is InChI=1S/C41H46FN13O6S/c1-24(2)61-36-34(26-16-44-45-17-26)43-23-54-37(36)48-39(49-54)46-29-8-7-27(15-28(29)42)62(59,60)53-14-12-41(22-53)11-13-51(21-41)18-25-19-52(20-25)30-5-4-6-31-35(30)50(3)40(58)55(31)32-9-10-33(56)47-38(32)57/h4-8,15-17,23-25,32H,9-14,18-22H2,1-3H3,(H,44,45)(H,46,49)(H,47,56,57). The number of anilines is 3. The fraction of sp³-hybridized carbons (Fsp3) is 0.439. The molecule has 2 aromatic carbocycles. The molecule has 0 bridgehead atoms. The Labute approximate surface area is 354 Å². The van der Waals surface area contributed by atoms with Gasteiger partial charge in [-0.2, -0.15) is 18.9 Å². The number of imidazole rings is 1. The maximum absolute atomic E-state index is 15.7. The monoisotopic (exact) mass is 867 g/mol. The zero-order valence-electron chi connectivity index (χ0n) is 34.4. The number of carbonyl (C=O) groups is 2. The number of H-pyrrole nitrogens is 1. The lowest BCUT2D eigenvalue weighted by molar-refractivity contribution is -0.135. The largest absolute Gasteiger partial charge is 0.485 e. The maximum atomic E-state index is 15.7. The number of hydrogen-bond acceptors (Lipinski definition) is 13. The van der Waals surface area contributed by atoms with Gasteiger partial charge in [-0.1, -0.05) is 6.07 Å². The zero-order valence-corrected chi connectivity index (χ0v) is 35.2. The molecule has 62 heavy (non-hydrogen) atoms. The average molecular weight is 868 g/mol. The van der Waals surface area contributed by atoms with Crippen LogP contribution in [0.5, 0.6) is 5.75 Å². The number of aryl methyl sites for hydroxylation is 1. The number of imide groups is 1. The van der Waals surface area contributed by atoms with Crippen LogP contribution in [0.1, 0.15) is 45.6 Å². The highest BCUT2D eigenvalue weighted by Gasteiger charge is 2.47. The third-order valence-electron chi connectivity index (χ3n) is 12.6. The van der Waals surface area contributed by atoms with Gasteiger partial charge in [0.2, 0.25) is 33.4 Å². The molecule has 10 rings (SSSR count). The molecule has 4 aliphatic heterocycles. The van der Waals surface area contributed by atoms with Crippen LogP contribution in [0.3, 0.4) is 0 Å². The molecule has 2 unspecified atom stereocenters. The number of halogens is 1. The van der Waals surface area contributed by atoms with Crippen LogP contribution < -0.4 is 26.0 Å². The summed E-state index contributed by atoms with van der Waals surface area (Å²) in [5, 5.41) is 16.4. The second kappa shape index (κ2) is 15.0. The van der Waals surface area contributed by atoms with Crippen LogP contribution in [0.2, 0.25) is 0 Å². The number of carbonyl (C=O) groups excluding carboxylic acids is 2. The van der Waals surface area contributed by atoms with Crippen molar-refractivity contribution >= 4 is 55.8 Å². The Bertz CT molecular complexity index is 2920. The molecule has 0 aliphatic carbocycles. The van der Waals surface area contributed by atoms with Crippen LogP contribution >= 0.6 is 0 Å². The number of ether oxygens (including phenoxy) is 1. The van der Waals surface area contributed by atoms with Crippen molar-refractivity contribution in [2.24, 2.45) is 18.4 Å². The Morgan fingerprint density at radius 3 is 2.66 bits per heavy atom. The normalized spacial score (nSPS) is 21.5. The molecule has 6 aromatic rings. The first-order valence-electron chi connectivity index (χ1n) is 20.8. The Kier molecular flexibility index (Phi) is 9.67. The van der Waals surface area contributed by atoms with E-state index in [-0.39, 0.29) is 52.5 Å². The van der Waals surface area contributed by atoms with Crippen molar-refractivity contribution in [3.8, 4) is 17.0 Å². The molecular weight excluding hydrogens is 822 g/mol. The SMILES string of the molecule is CC(C)Oc1c(-c2cn[nH]c2)ncn2nc(Nc3ccc(S(=O)(=O)N4CCC5(CCN(CC6CN(c7cccc8c7n(C)c(=O)n8C7CCC(=O)NC7=O)C6)C5)C4)cc3F)nc12. The number of fused-ring (bicyclic) bond motifs is 2. The van der Waals surface area contributed by atoms with Gasteiger partial charge >= 0.3 is 5.69 Å². The third-order valence-corrected chi connectivity index (χ3v) is 14.5. The van der Waals surface area contributed by atoms with Gasteiger partial charge in [0.05, 0.1) is 39.6 Å². The van der Waals surface area contributed by atoms with E-state index in [1.54, 1.807) is 24.0 Å². The minimum Gasteiger partial charge on any atom is -0.485 e. The van der Waals surface area contributed by atoms with Gasteiger partial charge in [0.15, 0.2) is 5.75 Å². The van der Waals surface area contributed by atoms with Crippen LogP contribution in [-0.4, -0.2) is 120 Å². The van der Waals surface area contributed by atoms with E-state index in [9.17, 15) is 22.8 Å². The van der Waals surface area contributed by atoms with E-state index in [0.717, 1.165) is 62.8 Å². The van der Waals surface area contributed by atoms with Crippen molar-refractivity contribution in [3.63, 3.8) is 0 Å². The predicted octanol–water partition coefficient (Wildman–Crippen LogP) is 3.04. The fourth-order valence-corrected chi connectivity index (χ4v) is 11.2. The highest BCUT2D eigenvalue weighted by atomic mass is 32.2. The lowest BCUT2D eigenvalue weighted by atomic mass is 9.86. The number of rotatable bonds is 11. The molecule has 4 saturated heterocycles. The second-order valence-corrected chi connectivity index (χ2v) is 19.2. The summed E-state index contributed by atoms with van der Waals surface area (Å²) >= 11 is 0. The van der Waals surface area contributed by atoms with Gasteiger partial charge in [-0.3, -0.25) is 29.1 Å². The highest BCUT2D eigenvalue weighted by molar-refractivity contribution is 7.89. The molecule has 21 heteroatoms. The molecule has 2 amide bonds. The van der Waals surface area contributed by atoms with Crippen molar-refractivity contribution in [2.75, 3.05) is 56.0 Å². The maximum Gasteiger partial charge on any atom is 0.329 e. The number of piperidine rings is 1. The first-order chi connectivity index (χ1) is 29.8. The average Bonchev–Trinajstić information content (AvgIpc) is 4.08. The van der Waals surface area contributed by atoms with Gasteiger partial charge < -0.3 is 19.9 Å². The van der Waals surface area contributed by atoms with Gasteiger partial charge in [-0.15, -0.1) is 5.10 Å². The number of para-hydroxylation sites is 1. The van der Waals surface area contributed by atoms with Crippen LogP contribution in [0.25, 0.3) is 27.9 Å². The van der Waals surface area contributed by atoms with Gasteiger partial charge in [0.25, 0.3) is 0 Å². The number of benzene rings is 2. The fourth-order valence-electron chi connectivity index (χ4n) is 9.61. The molecule has 0 radical (unpaired) electrons. The lowest BCUT2D eigenvalue weighted by Crippen LogP contribution is -2.51. The molecular formula is C41H46FN13O6S. The van der Waals surface area contributed by atoms with E-state index < -0.39 is 27.8 Å². The minimum atomic E-state index is -3.98. The summed E-state index contributed by atoms with van der Waals surface area (Å²) in [5.74, 6) is -0.706. The third kappa shape index (κ3) is 6.87. The Hall–Kier alpha value is -6.19. The van der Waals surface area contributed by atoms with E-state index >= 15 is 4.39 Å². The lowest BCUT2D eigenvalue weighted by Gasteiger charge is -2.43. The Morgan fingerprint density at radius 1 is 1.08 bits per heavy atom. The summed E-state index contributed by atoms with van der Waals surface area (Å²) in [6, 6.07) is 8.81. The summed E-state index contributed by atoms with van der Waals surface area (Å²) in [6.45, 7) is 8.58. The quantitative estimate of drug-likeness (QED) is 0.160. The van der Waals surface area contributed by atoms with Crippen molar-refractivity contribution in [1.82, 2.24) is 53.4 Å². The van der Waals surface area contributed by atoms with E-state index in [0.29, 0.717) is 47.2 Å². The molecule has 324 valence electrons. The summed E-state index contributed by atoms with van der Waals surface area (Å²) in [6.07, 6.45) is 6.64. The summed E-state index contributed by atoms with van der Waals surface area (Å²) in [7, 11) is -2.26. The van der Waals surface area contributed by atoms with Gasteiger partial charge in [0, 0.05) is 70.4 Å². The number of nitrogens with zero attached hydrogens (tertiary/aromatic N) is 10.